The highest BCUT2D eigenvalue weighted by molar-refractivity contribution is 9.10. The third-order valence-electron chi connectivity index (χ3n) is 4.42. The number of rotatable bonds is 6. The first-order valence-electron chi connectivity index (χ1n) is 9.12. The van der Waals surface area contributed by atoms with E-state index in [4.69, 9.17) is 4.74 Å². The number of carbonyl (C=O) groups is 1. The first-order valence-corrected chi connectivity index (χ1v) is 11.4. The summed E-state index contributed by atoms with van der Waals surface area (Å²) < 4.78 is 34.7. The summed E-state index contributed by atoms with van der Waals surface area (Å²) in [6.07, 6.45) is 0.715. The molecule has 0 fully saturated rings. The van der Waals surface area contributed by atoms with E-state index < -0.39 is 16.1 Å². The Kier molecular flexibility index (Phi) is 6.00. The van der Waals surface area contributed by atoms with E-state index in [-0.39, 0.29) is 16.7 Å². The molecule has 1 atom stereocenters. The molecule has 0 saturated heterocycles. The van der Waals surface area contributed by atoms with Gasteiger partial charge in [0.05, 0.1) is 5.69 Å². The Labute approximate surface area is 173 Å². The van der Waals surface area contributed by atoms with Crippen LogP contribution < -0.4 is 14.8 Å². The Morgan fingerprint density at radius 3 is 2.68 bits per heavy atom. The van der Waals surface area contributed by atoms with Crippen LogP contribution in [0.25, 0.3) is 0 Å². The van der Waals surface area contributed by atoms with Crippen LogP contribution in [0.5, 0.6) is 5.75 Å². The van der Waals surface area contributed by atoms with Gasteiger partial charge in [-0.05, 0) is 58.5 Å². The molecule has 150 valence electrons. The minimum absolute atomic E-state index is 0.0487. The average molecular weight is 467 g/mol. The zero-order valence-electron chi connectivity index (χ0n) is 16.0. The highest BCUT2D eigenvalue weighted by Crippen LogP contribution is 2.38. The lowest BCUT2D eigenvalue weighted by Crippen LogP contribution is -2.38. The molecule has 8 heteroatoms. The molecule has 1 aliphatic rings. The summed E-state index contributed by atoms with van der Waals surface area (Å²) in [5, 5.41) is 2.79. The lowest BCUT2D eigenvalue weighted by molar-refractivity contribution is -0.124. The number of amides is 1. The molecular weight excluding hydrogens is 444 g/mol. The molecule has 0 saturated carbocycles. The molecule has 1 aliphatic heterocycles. The molecular formula is C20H23BrN2O4S. The SMILES string of the molecule is CCc1cccc(NS(=O)(=O)c2cc3c(cc2Br)NC(=O)C(CC(C)C)O3)c1. The largest absolute Gasteiger partial charge is 0.478 e. The van der Waals surface area contributed by atoms with E-state index in [2.05, 4.69) is 26.0 Å². The third-order valence-corrected chi connectivity index (χ3v) is 6.76. The lowest BCUT2D eigenvalue weighted by atomic mass is 10.0. The molecule has 2 aromatic rings. The van der Waals surface area contributed by atoms with Crippen LogP contribution in [0.1, 0.15) is 32.8 Å². The van der Waals surface area contributed by atoms with Crippen molar-refractivity contribution in [1.82, 2.24) is 0 Å². The van der Waals surface area contributed by atoms with Crippen LogP contribution in [0.15, 0.2) is 45.8 Å². The number of hydrogen-bond acceptors (Lipinski definition) is 4. The van der Waals surface area contributed by atoms with Gasteiger partial charge in [-0.15, -0.1) is 0 Å². The van der Waals surface area contributed by atoms with Crippen molar-refractivity contribution in [2.24, 2.45) is 5.92 Å². The van der Waals surface area contributed by atoms with Crippen molar-refractivity contribution in [3.05, 3.63) is 46.4 Å². The molecule has 0 aromatic heterocycles. The maximum Gasteiger partial charge on any atom is 0.265 e. The summed E-state index contributed by atoms with van der Waals surface area (Å²) in [5.41, 5.74) is 1.98. The predicted molar refractivity (Wildman–Crippen MR) is 113 cm³/mol. The smallest absolute Gasteiger partial charge is 0.265 e. The maximum atomic E-state index is 12.9. The molecule has 6 nitrogen and oxygen atoms in total. The van der Waals surface area contributed by atoms with Crippen LogP contribution in [0, 0.1) is 5.92 Å². The van der Waals surface area contributed by atoms with Crippen LogP contribution in [-0.2, 0) is 21.2 Å². The van der Waals surface area contributed by atoms with Crippen molar-refractivity contribution in [2.45, 2.75) is 44.6 Å². The molecule has 1 unspecified atom stereocenters. The van der Waals surface area contributed by atoms with Crippen LogP contribution in [0.3, 0.4) is 0 Å². The molecule has 0 radical (unpaired) electrons. The van der Waals surface area contributed by atoms with Crippen molar-refractivity contribution in [1.29, 1.82) is 0 Å². The van der Waals surface area contributed by atoms with E-state index >= 15 is 0 Å². The number of anilines is 2. The lowest BCUT2D eigenvalue weighted by Gasteiger charge is -2.27. The third kappa shape index (κ3) is 4.50. The first-order chi connectivity index (χ1) is 13.2. The Morgan fingerprint density at radius 2 is 2.00 bits per heavy atom. The molecule has 0 spiro atoms. The number of fused-ring (bicyclic) bond motifs is 1. The summed E-state index contributed by atoms with van der Waals surface area (Å²) in [5.74, 6) is 0.387. The van der Waals surface area contributed by atoms with E-state index in [0.717, 1.165) is 12.0 Å². The predicted octanol–water partition coefficient (Wildman–Crippen LogP) is 4.56. The van der Waals surface area contributed by atoms with Crippen molar-refractivity contribution in [2.75, 3.05) is 10.0 Å². The highest BCUT2D eigenvalue weighted by Gasteiger charge is 2.31. The molecule has 2 N–H and O–H groups in total. The van der Waals surface area contributed by atoms with Crippen LogP contribution in [0.2, 0.25) is 0 Å². The molecule has 0 bridgehead atoms. The van der Waals surface area contributed by atoms with Gasteiger partial charge in [-0.3, -0.25) is 9.52 Å². The second-order valence-electron chi connectivity index (χ2n) is 7.16. The van der Waals surface area contributed by atoms with Crippen LogP contribution in [-0.4, -0.2) is 20.4 Å². The maximum absolute atomic E-state index is 12.9. The first kappa shape index (κ1) is 20.7. The second kappa shape index (κ2) is 8.13. The molecule has 2 aromatic carbocycles. The van der Waals surface area contributed by atoms with Gasteiger partial charge < -0.3 is 10.1 Å². The summed E-state index contributed by atoms with van der Waals surface area (Å²) in [4.78, 5) is 12.3. The van der Waals surface area contributed by atoms with Crippen LogP contribution >= 0.6 is 15.9 Å². The fraction of sp³-hybridized carbons (Fsp3) is 0.350. The average Bonchev–Trinajstić information content (AvgIpc) is 2.61. The second-order valence-corrected chi connectivity index (χ2v) is 9.67. The summed E-state index contributed by atoms with van der Waals surface area (Å²) in [6, 6.07) is 10.3. The van der Waals surface area contributed by atoms with E-state index in [1.807, 2.05) is 32.9 Å². The van der Waals surface area contributed by atoms with Crippen molar-refractivity contribution in [3.63, 3.8) is 0 Å². The Balaban J connectivity index is 1.93. The van der Waals surface area contributed by atoms with Gasteiger partial charge in [0.25, 0.3) is 15.9 Å². The fourth-order valence-corrected chi connectivity index (χ4v) is 5.11. The van der Waals surface area contributed by atoms with Gasteiger partial charge in [0.15, 0.2) is 6.10 Å². The van der Waals surface area contributed by atoms with E-state index in [1.54, 1.807) is 18.2 Å². The minimum Gasteiger partial charge on any atom is -0.478 e. The monoisotopic (exact) mass is 466 g/mol. The topological polar surface area (TPSA) is 84.5 Å². The number of sulfonamides is 1. The Morgan fingerprint density at radius 1 is 1.25 bits per heavy atom. The number of nitrogens with one attached hydrogen (secondary N) is 2. The number of halogens is 1. The van der Waals surface area contributed by atoms with Gasteiger partial charge in [-0.1, -0.05) is 32.9 Å². The van der Waals surface area contributed by atoms with Gasteiger partial charge in [0, 0.05) is 16.2 Å². The molecule has 28 heavy (non-hydrogen) atoms. The molecule has 1 heterocycles. The van der Waals surface area contributed by atoms with Gasteiger partial charge in [0.2, 0.25) is 0 Å². The molecule has 3 rings (SSSR count). The van der Waals surface area contributed by atoms with E-state index in [9.17, 15) is 13.2 Å². The summed E-state index contributed by atoms with van der Waals surface area (Å²) >= 11 is 3.30. The normalized spacial score (nSPS) is 16.3. The van der Waals surface area contributed by atoms with E-state index in [0.29, 0.717) is 28.0 Å². The zero-order chi connectivity index (χ0) is 20.5. The minimum atomic E-state index is -3.85. The number of carbonyl (C=O) groups excluding carboxylic acids is 1. The number of aryl methyl sites for hydroxylation is 1. The van der Waals surface area contributed by atoms with Crippen molar-refractivity contribution >= 4 is 43.2 Å². The Hall–Kier alpha value is -2.06. The number of benzene rings is 2. The fourth-order valence-electron chi connectivity index (χ4n) is 3.00. The van der Waals surface area contributed by atoms with Gasteiger partial charge in [-0.25, -0.2) is 8.42 Å². The van der Waals surface area contributed by atoms with Gasteiger partial charge in [0.1, 0.15) is 10.6 Å². The van der Waals surface area contributed by atoms with Gasteiger partial charge >= 0.3 is 0 Å². The molecule has 1 amide bonds. The highest BCUT2D eigenvalue weighted by atomic mass is 79.9. The quantitative estimate of drug-likeness (QED) is 0.653. The van der Waals surface area contributed by atoms with E-state index in [1.165, 1.54) is 6.07 Å². The molecule has 0 aliphatic carbocycles. The standard InChI is InChI=1S/C20H23BrN2O4S/c1-4-13-6-5-7-14(9-13)23-28(25,26)19-11-17-16(10-15(19)21)22-20(24)18(27-17)8-12(2)3/h5-7,9-12,18,23H,4,8H2,1-3H3,(H,22,24). The number of hydrogen-bond donors (Lipinski definition) is 2. The summed E-state index contributed by atoms with van der Waals surface area (Å²) in [7, 11) is -3.85. The van der Waals surface area contributed by atoms with Gasteiger partial charge in [-0.2, -0.15) is 0 Å². The van der Waals surface area contributed by atoms with Crippen LogP contribution in [0.4, 0.5) is 11.4 Å². The van der Waals surface area contributed by atoms with Crippen molar-refractivity contribution < 1.29 is 17.9 Å². The van der Waals surface area contributed by atoms with Crippen molar-refractivity contribution in [3.8, 4) is 5.75 Å². The number of ether oxygens (including phenoxy) is 1. The zero-order valence-corrected chi connectivity index (χ0v) is 18.4. The summed E-state index contributed by atoms with van der Waals surface area (Å²) in [6.45, 7) is 6.00. The Bertz CT molecular complexity index is 1010.